The highest BCUT2D eigenvalue weighted by Crippen LogP contribution is 2.15. The summed E-state index contributed by atoms with van der Waals surface area (Å²) in [7, 11) is 1.59. The van der Waals surface area contributed by atoms with Gasteiger partial charge in [0.05, 0.1) is 0 Å². The van der Waals surface area contributed by atoms with Gasteiger partial charge in [0.15, 0.2) is 0 Å². The van der Waals surface area contributed by atoms with Gasteiger partial charge in [-0.05, 0) is 13.8 Å². The lowest BCUT2D eigenvalue weighted by molar-refractivity contribution is -0.137. The van der Waals surface area contributed by atoms with E-state index in [9.17, 15) is 4.79 Å². The number of carbonyl (C=O) groups is 1. The molecule has 1 saturated heterocycles. The molecule has 1 rings (SSSR count). The SMILES string of the molecule is COC1CCN(C(C)C)C1=O. The number of likely N-dealkylation sites (tertiary alicyclic amines) is 1. The largest absolute Gasteiger partial charge is 0.372 e. The fourth-order valence-electron chi connectivity index (χ4n) is 1.41. The van der Waals surface area contributed by atoms with Gasteiger partial charge in [0.2, 0.25) is 0 Å². The van der Waals surface area contributed by atoms with Crippen LogP contribution in [-0.2, 0) is 9.53 Å². The Bertz CT molecular complexity index is 156. The third-order valence-electron chi connectivity index (χ3n) is 2.10. The topological polar surface area (TPSA) is 29.5 Å². The van der Waals surface area contributed by atoms with Crippen LogP contribution in [0.15, 0.2) is 0 Å². The molecular weight excluding hydrogens is 142 g/mol. The van der Waals surface area contributed by atoms with Crippen LogP contribution in [0.1, 0.15) is 20.3 Å². The van der Waals surface area contributed by atoms with Crippen molar-refractivity contribution in [1.29, 1.82) is 0 Å². The average molecular weight is 157 g/mol. The van der Waals surface area contributed by atoms with Crippen molar-refractivity contribution in [2.24, 2.45) is 0 Å². The maximum absolute atomic E-state index is 11.4. The Morgan fingerprint density at radius 3 is 2.55 bits per heavy atom. The molecule has 0 saturated carbocycles. The van der Waals surface area contributed by atoms with Gasteiger partial charge in [-0.2, -0.15) is 0 Å². The van der Waals surface area contributed by atoms with Crippen molar-refractivity contribution >= 4 is 5.91 Å². The lowest BCUT2D eigenvalue weighted by Crippen LogP contribution is -2.35. The summed E-state index contributed by atoms with van der Waals surface area (Å²) in [6.07, 6.45) is 0.658. The third-order valence-corrected chi connectivity index (χ3v) is 2.10. The fourth-order valence-corrected chi connectivity index (χ4v) is 1.41. The highest BCUT2D eigenvalue weighted by Gasteiger charge is 2.32. The van der Waals surface area contributed by atoms with Crippen molar-refractivity contribution < 1.29 is 9.53 Å². The van der Waals surface area contributed by atoms with E-state index in [0.29, 0.717) is 6.04 Å². The minimum Gasteiger partial charge on any atom is -0.372 e. The molecule has 1 amide bonds. The van der Waals surface area contributed by atoms with Crippen molar-refractivity contribution in [2.45, 2.75) is 32.4 Å². The molecule has 0 aromatic heterocycles. The minimum atomic E-state index is -0.183. The van der Waals surface area contributed by atoms with Crippen LogP contribution in [0.4, 0.5) is 0 Å². The first kappa shape index (κ1) is 8.53. The highest BCUT2D eigenvalue weighted by molar-refractivity contribution is 5.83. The molecule has 3 nitrogen and oxygen atoms in total. The molecule has 0 spiro atoms. The van der Waals surface area contributed by atoms with E-state index in [0.717, 1.165) is 13.0 Å². The summed E-state index contributed by atoms with van der Waals surface area (Å²) in [6, 6.07) is 0.308. The van der Waals surface area contributed by atoms with Crippen molar-refractivity contribution in [1.82, 2.24) is 4.90 Å². The number of methoxy groups -OCH3 is 1. The number of ether oxygens (including phenoxy) is 1. The van der Waals surface area contributed by atoms with Gasteiger partial charge in [-0.25, -0.2) is 0 Å². The Labute approximate surface area is 67.3 Å². The molecule has 1 unspecified atom stereocenters. The van der Waals surface area contributed by atoms with E-state index in [1.54, 1.807) is 7.11 Å². The molecule has 0 aliphatic carbocycles. The zero-order valence-electron chi connectivity index (χ0n) is 7.33. The van der Waals surface area contributed by atoms with Gasteiger partial charge in [-0.1, -0.05) is 0 Å². The summed E-state index contributed by atoms with van der Waals surface area (Å²) < 4.78 is 5.01. The van der Waals surface area contributed by atoms with E-state index in [-0.39, 0.29) is 12.0 Å². The number of hydrogen-bond donors (Lipinski definition) is 0. The fraction of sp³-hybridized carbons (Fsp3) is 0.875. The average Bonchev–Trinajstić information content (AvgIpc) is 2.30. The van der Waals surface area contributed by atoms with Gasteiger partial charge in [0, 0.05) is 26.1 Å². The predicted molar refractivity (Wildman–Crippen MR) is 42.3 cm³/mol. The van der Waals surface area contributed by atoms with Gasteiger partial charge in [-0.15, -0.1) is 0 Å². The molecule has 1 fully saturated rings. The molecule has 0 bridgehead atoms. The van der Waals surface area contributed by atoms with Crippen LogP contribution in [0, 0.1) is 0 Å². The number of nitrogens with zero attached hydrogens (tertiary/aromatic N) is 1. The predicted octanol–water partition coefficient (Wildman–Crippen LogP) is 0.642. The first-order valence-electron chi connectivity index (χ1n) is 4.00. The summed E-state index contributed by atoms with van der Waals surface area (Å²) >= 11 is 0. The van der Waals surface area contributed by atoms with E-state index in [1.165, 1.54) is 0 Å². The van der Waals surface area contributed by atoms with Gasteiger partial charge in [0.1, 0.15) is 6.10 Å². The van der Waals surface area contributed by atoms with Crippen molar-refractivity contribution in [3.8, 4) is 0 Å². The summed E-state index contributed by atoms with van der Waals surface area (Å²) in [6.45, 7) is 4.89. The summed E-state index contributed by atoms with van der Waals surface area (Å²) in [5, 5.41) is 0. The monoisotopic (exact) mass is 157 g/mol. The molecular formula is C8H15NO2. The lowest BCUT2D eigenvalue weighted by atomic mass is 10.3. The summed E-state index contributed by atoms with van der Waals surface area (Å²) in [5.41, 5.74) is 0. The van der Waals surface area contributed by atoms with Crippen LogP contribution in [0.25, 0.3) is 0 Å². The van der Waals surface area contributed by atoms with Crippen LogP contribution < -0.4 is 0 Å². The normalized spacial score (nSPS) is 25.3. The number of carbonyl (C=O) groups excluding carboxylic acids is 1. The third kappa shape index (κ3) is 1.53. The van der Waals surface area contributed by atoms with Crippen molar-refractivity contribution in [3.63, 3.8) is 0 Å². The van der Waals surface area contributed by atoms with E-state index >= 15 is 0 Å². The molecule has 1 aliphatic rings. The molecule has 1 heterocycles. The Balaban J connectivity index is 2.56. The second kappa shape index (κ2) is 3.22. The molecule has 0 radical (unpaired) electrons. The standard InChI is InChI=1S/C8H15NO2/c1-6(2)9-5-4-7(11-3)8(9)10/h6-7H,4-5H2,1-3H3. The number of hydrogen-bond acceptors (Lipinski definition) is 2. The molecule has 0 N–H and O–H groups in total. The van der Waals surface area contributed by atoms with Crippen molar-refractivity contribution in [2.75, 3.05) is 13.7 Å². The zero-order valence-corrected chi connectivity index (χ0v) is 7.33. The van der Waals surface area contributed by atoms with E-state index in [2.05, 4.69) is 0 Å². The first-order chi connectivity index (χ1) is 5.16. The second-order valence-corrected chi connectivity index (χ2v) is 3.14. The van der Waals surface area contributed by atoms with Gasteiger partial charge < -0.3 is 9.64 Å². The molecule has 3 heteroatoms. The number of amides is 1. The summed E-state index contributed by atoms with van der Waals surface area (Å²) in [4.78, 5) is 13.2. The molecule has 1 atom stereocenters. The Hall–Kier alpha value is -0.570. The van der Waals surface area contributed by atoms with Crippen LogP contribution in [0.2, 0.25) is 0 Å². The van der Waals surface area contributed by atoms with E-state index < -0.39 is 0 Å². The van der Waals surface area contributed by atoms with Crippen molar-refractivity contribution in [3.05, 3.63) is 0 Å². The highest BCUT2D eigenvalue weighted by atomic mass is 16.5. The van der Waals surface area contributed by atoms with Crippen LogP contribution in [0.3, 0.4) is 0 Å². The van der Waals surface area contributed by atoms with Gasteiger partial charge in [-0.3, -0.25) is 4.79 Å². The van der Waals surface area contributed by atoms with Gasteiger partial charge >= 0.3 is 0 Å². The lowest BCUT2D eigenvalue weighted by Gasteiger charge is -2.20. The summed E-state index contributed by atoms with van der Waals surface area (Å²) in [5.74, 6) is 0.141. The smallest absolute Gasteiger partial charge is 0.251 e. The van der Waals surface area contributed by atoms with Crippen LogP contribution in [-0.4, -0.2) is 36.6 Å². The Morgan fingerprint density at radius 2 is 2.27 bits per heavy atom. The first-order valence-corrected chi connectivity index (χ1v) is 4.00. The molecule has 11 heavy (non-hydrogen) atoms. The molecule has 64 valence electrons. The molecule has 0 aromatic rings. The van der Waals surface area contributed by atoms with Gasteiger partial charge in [0.25, 0.3) is 5.91 Å². The Kier molecular flexibility index (Phi) is 2.49. The molecule has 1 aliphatic heterocycles. The molecule has 0 aromatic carbocycles. The van der Waals surface area contributed by atoms with E-state index in [1.807, 2.05) is 18.7 Å². The maximum atomic E-state index is 11.4. The Morgan fingerprint density at radius 1 is 1.64 bits per heavy atom. The quantitative estimate of drug-likeness (QED) is 0.588. The maximum Gasteiger partial charge on any atom is 0.251 e. The zero-order chi connectivity index (χ0) is 8.43. The van der Waals surface area contributed by atoms with Crippen LogP contribution >= 0.6 is 0 Å². The van der Waals surface area contributed by atoms with Crippen LogP contribution in [0.5, 0.6) is 0 Å². The minimum absolute atomic E-state index is 0.141. The van der Waals surface area contributed by atoms with E-state index in [4.69, 9.17) is 4.74 Å². The number of rotatable bonds is 2. The second-order valence-electron chi connectivity index (χ2n) is 3.14.